The van der Waals surface area contributed by atoms with Gasteiger partial charge in [-0.15, -0.1) is 11.3 Å². The van der Waals surface area contributed by atoms with Crippen molar-refractivity contribution in [2.24, 2.45) is 0 Å². The van der Waals surface area contributed by atoms with Crippen LogP contribution in [0.15, 0.2) is 24.3 Å². The van der Waals surface area contributed by atoms with Crippen LogP contribution in [0.2, 0.25) is 0 Å². The van der Waals surface area contributed by atoms with Gasteiger partial charge in [0.1, 0.15) is 12.4 Å². The summed E-state index contributed by atoms with van der Waals surface area (Å²) in [6.45, 7) is 4.31. The minimum absolute atomic E-state index is 0.227. The van der Waals surface area contributed by atoms with Crippen LogP contribution in [0.5, 0.6) is 5.75 Å². The third-order valence-corrected chi connectivity index (χ3v) is 3.50. The zero-order chi connectivity index (χ0) is 13.1. The lowest BCUT2D eigenvalue weighted by molar-refractivity contribution is 0.0696. The first-order valence-corrected chi connectivity index (χ1v) is 6.27. The van der Waals surface area contributed by atoms with E-state index in [0.29, 0.717) is 12.4 Å². The van der Waals surface area contributed by atoms with Crippen molar-refractivity contribution in [2.45, 2.75) is 20.5 Å². The van der Waals surface area contributed by atoms with Crippen LogP contribution < -0.4 is 4.74 Å². The van der Waals surface area contributed by atoms with E-state index in [9.17, 15) is 4.79 Å². The number of thiazole rings is 1. The van der Waals surface area contributed by atoms with Gasteiger partial charge < -0.3 is 9.84 Å². The number of rotatable bonds is 4. The standard InChI is InChI=1S/C13H13NO3S/c1-8-12(18-9(2)14-8)7-17-11-5-3-4-10(6-11)13(15)16/h3-6H,7H2,1-2H3,(H,15,16). The highest BCUT2D eigenvalue weighted by Gasteiger charge is 2.07. The maximum Gasteiger partial charge on any atom is 0.335 e. The van der Waals surface area contributed by atoms with Crippen molar-refractivity contribution < 1.29 is 14.6 Å². The van der Waals surface area contributed by atoms with Crippen LogP contribution in [0.25, 0.3) is 0 Å². The number of ether oxygens (including phenoxy) is 1. The minimum Gasteiger partial charge on any atom is -0.488 e. The van der Waals surface area contributed by atoms with Crippen LogP contribution in [0.4, 0.5) is 0 Å². The Balaban J connectivity index is 2.08. The lowest BCUT2D eigenvalue weighted by Crippen LogP contribution is -1.99. The summed E-state index contributed by atoms with van der Waals surface area (Å²) in [5.41, 5.74) is 1.19. The van der Waals surface area contributed by atoms with Gasteiger partial charge in [0.15, 0.2) is 0 Å². The Bertz CT molecular complexity index is 577. The largest absolute Gasteiger partial charge is 0.488 e. The Morgan fingerprint density at radius 2 is 2.22 bits per heavy atom. The number of hydrogen-bond acceptors (Lipinski definition) is 4. The van der Waals surface area contributed by atoms with Gasteiger partial charge in [-0.25, -0.2) is 9.78 Å². The molecule has 0 fully saturated rings. The van der Waals surface area contributed by atoms with Gasteiger partial charge in [0.2, 0.25) is 0 Å². The summed E-state index contributed by atoms with van der Waals surface area (Å²) >= 11 is 1.59. The van der Waals surface area contributed by atoms with Crippen molar-refractivity contribution in [3.63, 3.8) is 0 Å². The molecule has 18 heavy (non-hydrogen) atoms. The highest BCUT2D eigenvalue weighted by molar-refractivity contribution is 7.11. The van der Waals surface area contributed by atoms with E-state index >= 15 is 0 Å². The molecule has 0 aliphatic heterocycles. The predicted molar refractivity (Wildman–Crippen MR) is 69.3 cm³/mol. The van der Waals surface area contributed by atoms with E-state index < -0.39 is 5.97 Å². The van der Waals surface area contributed by atoms with E-state index in [4.69, 9.17) is 9.84 Å². The molecular weight excluding hydrogens is 250 g/mol. The second-order valence-electron chi connectivity index (χ2n) is 3.86. The Kier molecular flexibility index (Phi) is 3.62. The molecule has 1 aromatic carbocycles. The number of carbonyl (C=O) groups is 1. The smallest absolute Gasteiger partial charge is 0.335 e. The highest BCUT2D eigenvalue weighted by Crippen LogP contribution is 2.20. The van der Waals surface area contributed by atoms with E-state index in [1.807, 2.05) is 13.8 Å². The fourth-order valence-electron chi connectivity index (χ4n) is 1.58. The van der Waals surface area contributed by atoms with Crippen molar-refractivity contribution in [1.29, 1.82) is 0 Å². The number of benzene rings is 1. The molecule has 2 rings (SSSR count). The number of aromatic nitrogens is 1. The topological polar surface area (TPSA) is 59.4 Å². The van der Waals surface area contributed by atoms with Crippen LogP contribution >= 0.6 is 11.3 Å². The first-order valence-electron chi connectivity index (χ1n) is 5.45. The monoisotopic (exact) mass is 263 g/mol. The summed E-state index contributed by atoms with van der Waals surface area (Å²) in [5.74, 6) is -0.398. The van der Waals surface area contributed by atoms with Crippen molar-refractivity contribution in [3.8, 4) is 5.75 Å². The number of carboxylic acid groups (broad SMARTS) is 1. The lowest BCUT2D eigenvalue weighted by atomic mass is 10.2. The molecule has 0 amide bonds. The summed E-state index contributed by atoms with van der Waals surface area (Å²) in [5, 5.41) is 9.88. The molecule has 1 heterocycles. The molecule has 0 aliphatic carbocycles. The average molecular weight is 263 g/mol. The molecule has 0 spiro atoms. The van der Waals surface area contributed by atoms with Crippen molar-refractivity contribution in [3.05, 3.63) is 45.4 Å². The fourth-order valence-corrected chi connectivity index (χ4v) is 2.43. The van der Waals surface area contributed by atoms with Crippen LogP contribution in [-0.2, 0) is 6.61 Å². The van der Waals surface area contributed by atoms with E-state index in [1.54, 1.807) is 23.5 Å². The molecule has 0 atom stereocenters. The molecule has 0 unspecified atom stereocenters. The van der Waals surface area contributed by atoms with E-state index in [2.05, 4.69) is 4.98 Å². The van der Waals surface area contributed by atoms with Crippen LogP contribution in [-0.4, -0.2) is 16.1 Å². The van der Waals surface area contributed by atoms with Crippen molar-refractivity contribution in [1.82, 2.24) is 4.98 Å². The Hall–Kier alpha value is -1.88. The average Bonchev–Trinajstić information content (AvgIpc) is 2.65. The van der Waals surface area contributed by atoms with Crippen molar-refractivity contribution >= 4 is 17.3 Å². The summed E-state index contributed by atoms with van der Waals surface area (Å²) in [6, 6.07) is 6.47. The molecule has 2 aromatic rings. The Labute approximate surface area is 109 Å². The van der Waals surface area contributed by atoms with Crippen LogP contribution in [0.3, 0.4) is 0 Å². The normalized spacial score (nSPS) is 10.3. The third-order valence-electron chi connectivity index (χ3n) is 2.45. The number of aryl methyl sites for hydroxylation is 2. The summed E-state index contributed by atoms with van der Waals surface area (Å²) < 4.78 is 5.58. The number of nitrogens with zero attached hydrogens (tertiary/aromatic N) is 1. The predicted octanol–water partition coefficient (Wildman–Crippen LogP) is 3.04. The van der Waals surface area contributed by atoms with Gasteiger partial charge in [-0.05, 0) is 32.0 Å². The van der Waals surface area contributed by atoms with E-state index in [1.165, 1.54) is 12.1 Å². The molecule has 0 bridgehead atoms. The lowest BCUT2D eigenvalue weighted by Gasteiger charge is -2.05. The zero-order valence-electron chi connectivity index (χ0n) is 10.1. The second-order valence-corrected chi connectivity index (χ2v) is 5.15. The maximum absolute atomic E-state index is 10.8. The van der Waals surface area contributed by atoms with E-state index in [-0.39, 0.29) is 5.56 Å². The number of aromatic carboxylic acids is 1. The Morgan fingerprint density at radius 3 is 2.83 bits per heavy atom. The van der Waals surface area contributed by atoms with Crippen LogP contribution in [0, 0.1) is 13.8 Å². The summed E-state index contributed by atoms with van der Waals surface area (Å²) in [4.78, 5) is 16.2. The summed E-state index contributed by atoms with van der Waals surface area (Å²) in [6.07, 6.45) is 0. The molecule has 94 valence electrons. The molecule has 5 heteroatoms. The quantitative estimate of drug-likeness (QED) is 0.921. The highest BCUT2D eigenvalue weighted by atomic mass is 32.1. The first-order chi connectivity index (χ1) is 8.56. The van der Waals surface area contributed by atoms with Gasteiger partial charge in [-0.2, -0.15) is 0 Å². The zero-order valence-corrected chi connectivity index (χ0v) is 11.0. The van der Waals surface area contributed by atoms with Gasteiger partial charge in [0, 0.05) is 0 Å². The van der Waals surface area contributed by atoms with Gasteiger partial charge in [0.25, 0.3) is 0 Å². The molecule has 1 aromatic heterocycles. The molecule has 0 aliphatic rings. The van der Waals surface area contributed by atoms with Crippen LogP contribution in [0.1, 0.15) is 25.9 Å². The molecule has 0 radical (unpaired) electrons. The first kappa shape index (κ1) is 12.6. The van der Waals surface area contributed by atoms with Gasteiger partial charge in [0.05, 0.1) is 21.1 Å². The Morgan fingerprint density at radius 1 is 1.44 bits per heavy atom. The van der Waals surface area contributed by atoms with Gasteiger partial charge in [-0.3, -0.25) is 0 Å². The maximum atomic E-state index is 10.8. The fraction of sp³-hybridized carbons (Fsp3) is 0.231. The SMILES string of the molecule is Cc1nc(C)c(COc2cccc(C(=O)O)c2)s1. The third kappa shape index (κ3) is 2.87. The molecule has 4 nitrogen and oxygen atoms in total. The second kappa shape index (κ2) is 5.18. The van der Waals surface area contributed by atoms with Crippen molar-refractivity contribution in [2.75, 3.05) is 0 Å². The van der Waals surface area contributed by atoms with Gasteiger partial charge >= 0.3 is 5.97 Å². The van der Waals surface area contributed by atoms with E-state index in [0.717, 1.165) is 15.6 Å². The molecule has 0 saturated carbocycles. The molecule has 0 saturated heterocycles. The van der Waals surface area contributed by atoms with Gasteiger partial charge in [-0.1, -0.05) is 6.07 Å². The number of hydrogen-bond donors (Lipinski definition) is 1. The number of carboxylic acids is 1. The summed E-state index contributed by atoms with van der Waals surface area (Å²) in [7, 11) is 0. The minimum atomic E-state index is -0.953. The molecular formula is C13H13NO3S. The molecule has 1 N–H and O–H groups in total.